The Balaban J connectivity index is 1.43. The van der Waals surface area contributed by atoms with E-state index in [4.69, 9.17) is 11.5 Å². The highest BCUT2D eigenvalue weighted by Crippen LogP contribution is 2.28. The Labute approximate surface area is 308 Å². The van der Waals surface area contributed by atoms with Gasteiger partial charge in [-0.3, -0.25) is 28.9 Å². The summed E-state index contributed by atoms with van der Waals surface area (Å²) >= 11 is 0. The molecule has 52 heavy (non-hydrogen) atoms. The zero-order valence-electron chi connectivity index (χ0n) is 31.0. The van der Waals surface area contributed by atoms with E-state index in [-0.39, 0.29) is 48.2 Å². The number of hydrogen-bond donors (Lipinski definition) is 4. The Hall–Kier alpha value is -3.93. The molecular weight excluding hydrogens is 658 g/mol. The van der Waals surface area contributed by atoms with E-state index >= 15 is 0 Å². The minimum atomic E-state index is -0.819. The van der Waals surface area contributed by atoms with E-state index in [1.54, 1.807) is 0 Å². The largest absolute Gasteiger partial charge is 0.480 e. The van der Waals surface area contributed by atoms with E-state index in [1.165, 1.54) is 0 Å². The number of rotatable bonds is 20. The number of ketones is 2. The predicted octanol–water partition coefficient (Wildman–Crippen LogP) is 3.76. The minimum Gasteiger partial charge on any atom is -0.480 e. The SMILES string of the molecule is CC(C)C[C@@H](NC(=O)[C@H](CC(=O)[C@H](N)Cc1ccccc1)Cc1ccccc1)C(=O)C[C@H](CCCN)C(=O)N1CCC(N2CCC[C@H]2C(=O)O)CC1. The lowest BCUT2D eigenvalue weighted by molar-refractivity contribution is -0.145. The molecule has 0 radical (unpaired) electrons. The molecule has 2 fully saturated rings. The molecule has 6 N–H and O–H groups in total. The number of carboxylic acid groups (broad SMARTS) is 1. The molecule has 4 rings (SSSR count). The average molecular weight is 718 g/mol. The number of Topliss-reactive ketones (excluding diaryl/α,β-unsaturated/α-hetero) is 2. The fourth-order valence-electron chi connectivity index (χ4n) is 7.79. The normalized spacial score (nSPS) is 19.2. The summed E-state index contributed by atoms with van der Waals surface area (Å²) in [5.41, 5.74) is 14.0. The maximum absolute atomic E-state index is 14.0. The summed E-state index contributed by atoms with van der Waals surface area (Å²) in [6, 6.07) is 17.1. The van der Waals surface area contributed by atoms with Crippen LogP contribution in [0.3, 0.4) is 0 Å². The molecule has 0 unspecified atom stereocenters. The first-order chi connectivity index (χ1) is 25.0. The second kappa shape index (κ2) is 20.3. The zero-order chi connectivity index (χ0) is 37.6. The van der Waals surface area contributed by atoms with E-state index in [2.05, 4.69) is 10.2 Å². The van der Waals surface area contributed by atoms with Gasteiger partial charge in [0.25, 0.3) is 0 Å². The number of carbonyl (C=O) groups is 5. The summed E-state index contributed by atoms with van der Waals surface area (Å²) < 4.78 is 0. The van der Waals surface area contributed by atoms with Crippen molar-refractivity contribution < 1.29 is 29.1 Å². The quantitative estimate of drug-likeness (QED) is 0.159. The molecule has 0 aliphatic carbocycles. The lowest BCUT2D eigenvalue weighted by Crippen LogP contribution is -2.51. The number of carbonyl (C=O) groups excluding carboxylic acids is 4. The van der Waals surface area contributed by atoms with E-state index in [0.29, 0.717) is 71.0 Å². The molecule has 2 aliphatic heterocycles. The highest BCUT2D eigenvalue weighted by Gasteiger charge is 2.39. The molecule has 0 aromatic heterocycles. The number of aliphatic carboxylic acids is 1. The lowest BCUT2D eigenvalue weighted by atomic mass is 9.87. The van der Waals surface area contributed by atoms with Gasteiger partial charge in [0.2, 0.25) is 11.8 Å². The van der Waals surface area contributed by atoms with E-state index < -0.39 is 35.9 Å². The summed E-state index contributed by atoms with van der Waals surface area (Å²) in [6.45, 7) is 6.13. The van der Waals surface area contributed by atoms with Gasteiger partial charge in [-0.05, 0) is 87.9 Å². The minimum absolute atomic E-state index is 0.0200. The first kappa shape index (κ1) is 40.8. The molecule has 0 saturated carbocycles. The van der Waals surface area contributed by atoms with Crippen molar-refractivity contribution in [1.82, 2.24) is 15.1 Å². The monoisotopic (exact) mass is 717 g/mol. The smallest absolute Gasteiger partial charge is 0.320 e. The standard InChI is InChI=1S/C41H59N5O6/c1-28(2)23-35(44-39(49)32(24-29-11-5-3-6-12-29)27-37(47)34(43)25-30-13-7-4-8-14-30)38(48)26-31(15-9-19-42)40(50)45-21-17-33(18-22-45)46-20-10-16-36(46)41(51)52/h3-8,11-14,28,31-36H,9-10,15-27,42-43H2,1-2H3,(H,44,49)(H,51,52)/t31-,32-,34+,35+,36-/m0/s1. The Morgan fingerprint density at radius 3 is 2.00 bits per heavy atom. The van der Waals surface area contributed by atoms with Crippen molar-refractivity contribution in [2.75, 3.05) is 26.2 Å². The second-order valence-electron chi connectivity index (χ2n) is 15.1. The Morgan fingerprint density at radius 2 is 1.42 bits per heavy atom. The van der Waals surface area contributed by atoms with Crippen molar-refractivity contribution in [1.29, 1.82) is 0 Å². The summed E-state index contributed by atoms with van der Waals surface area (Å²) in [4.78, 5) is 71.1. The molecule has 2 aliphatic rings. The number of likely N-dealkylation sites (tertiary alicyclic amines) is 2. The summed E-state index contributed by atoms with van der Waals surface area (Å²) in [5, 5.41) is 12.7. The van der Waals surface area contributed by atoms with Crippen LogP contribution in [0.15, 0.2) is 60.7 Å². The summed E-state index contributed by atoms with van der Waals surface area (Å²) in [6.07, 6.45) is 4.93. The van der Waals surface area contributed by atoms with Crippen LogP contribution in [0.4, 0.5) is 0 Å². The summed E-state index contributed by atoms with van der Waals surface area (Å²) in [7, 11) is 0. The molecule has 2 heterocycles. The van der Waals surface area contributed by atoms with Crippen LogP contribution in [0, 0.1) is 17.8 Å². The van der Waals surface area contributed by atoms with Gasteiger partial charge < -0.3 is 26.8 Å². The topological polar surface area (TPSA) is 176 Å². The number of hydrogen-bond acceptors (Lipinski definition) is 8. The van der Waals surface area contributed by atoms with E-state index in [1.807, 2.05) is 79.4 Å². The van der Waals surface area contributed by atoms with Crippen LogP contribution >= 0.6 is 0 Å². The van der Waals surface area contributed by atoms with Crippen LogP contribution < -0.4 is 16.8 Å². The maximum atomic E-state index is 14.0. The average Bonchev–Trinajstić information content (AvgIpc) is 3.64. The molecule has 5 atom stereocenters. The molecule has 2 aromatic rings. The van der Waals surface area contributed by atoms with Gasteiger partial charge in [-0.1, -0.05) is 74.5 Å². The number of piperidine rings is 1. The molecule has 0 bridgehead atoms. The van der Waals surface area contributed by atoms with Crippen LogP contribution in [0.5, 0.6) is 0 Å². The molecule has 11 heteroatoms. The number of nitrogens with zero attached hydrogens (tertiary/aromatic N) is 2. The van der Waals surface area contributed by atoms with Crippen LogP contribution in [0.1, 0.15) is 82.8 Å². The van der Waals surface area contributed by atoms with Crippen LogP contribution in [0.25, 0.3) is 0 Å². The van der Waals surface area contributed by atoms with Gasteiger partial charge in [0.05, 0.1) is 12.1 Å². The summed E-state index contributed by atoms with van der Waals surface area (Å²) in [5.74, 6) is -2.90. The van der Waals surface area contributed by atoms with Gasteiger partial charge in [-0.15, -0.1) is 0 Å². The molecule has 11 nitrogen and oxygen atoms in total. The molecule has 2 aromatic carbocycles. The van der Waals surface area contributed by atoms with Gasteiger partial charge in [-0.25, -0.2) is 0 Å². The Kier molecular flexibility index (Phi) is 16.0. The fraction of sp³-hybridized carbons (Fsp3) is 0.585. The first-order valence-electron chi connectivity index (χ1n) is 19.1. The van der Waals surface area contributed by atoms with Crippen LogP contribution in [0.2, 0.25) is 0 Å². The van der Waals surface area contributed by atoms with Crippen molar-refractivity contribution in [2.24, 2.45) is 29.2 Å². The maximum Gasteiger partial charge on any atom is 0.320 e. The number of amides is 2. The van der Waals surface area contributed by atoms with Gasteiger partial charge >= 0.3 is 5.97 Å². The first-order valence-corrected chi connectivity index (χ1v) is 19.1. The molecule has 2 saturated heterocycles. The van der Waals surface area contributed by atoms with Crippen molar-refractivity contribution in [3.05, 3.63) is 71.8 Å². The van der Waals surface area contributed by atoms with Crippen molar-refractivity contribution in [3.63, 3.8) is 0 Å². The van der Waals surface area contributed by atoms with Crippen LogP contribution in [-0.4, -0.2) is 94.6 Å². The third-order valence-electron chi connectivity index (χ3n) is 10.6. The molecule has 284 valence electrons. The Bertz CT molecular complexity index is 1460. The van der Waals surface area contributed by atoms with Crippen molar-refractivity contribution in [2.45, 2.75) is 109 Å². The van der Waals surface area contributed by atoms with E-state index in [9.17, 15) is 29.1 Å². The number of nitrogens with one attached hydrogen (secondary N) is 1. The van der Waals surface area contributed by atoms with Crippen LogP contribution in [-0.2, 0) is 36.8 Å². The Morgan fingerprint density at radius 1 is 0.827 bits per heavy atom. The molecule has 2 amide bonds. The second-order valence-corrected chi connectivity index (χ2v) is 15.1. The third kappa shape index (κ3) is 12.1. The highest BCUT2D eigenvalue weighted by atomic mass is 16.4. The van der Waals surface area contributed by atoms with Gasteiger partial charge in [-0.2, -0.15) is 0 Å². The predicted molar refractivity (Wildman–Crippen MR) is 201 cm³/mol. The van der Waals surface area contributed by atoms with Crippen molar-refractivity contribution in [3.8, 4) is 0 Å². The molecule has 0 spiro atoms. The fourth-order valence-corrected chi connectivity index (χ4v) is 7.79. The number of nitrogens with two attached hydrogens (primary N) is 2. The highest BCUT2D eigenvalue weighted by molar-refractivity contribution is 5.94. The van der Waals surface area contributed by atoms with Gasteiger partial charge in [0, 0.05) is 43.8 Å². The molecular formula is C41H59N5O6. The van der Waals surface area contributed by atoms with Gasteiger partial charge in [0.1, 0.15) is 6.04 Å². The van der Waals surface area contributed by atoms with Crippen molar-refractivity contribution >= 4 is 29.4 Å². The number of benzene rings is 2. The zero-order valence-corrected chi connectivity index (χ0v) is 31.0. The van der Waals surface area contributed by atoms with Gasteiger partial charge in [0.15, 0.2) is 11.6 Å². The third-order valence-corrected chi connectivity index (χ3v) is 10.6. The van der Waals surface area contributed by atoms with E-state index in [0.717, 1.165) is 24.1 Å². The lowest BCUT2D eigenvalue weighted by Gasteiger charge is -2.39. The number of carboxylic acids is 1.